The van der Waals surface area contributed by atoms with Crippen LogP contribution in [-0.2, 0) is 0 Å². The molecule has 0 aromatic heterocycles. The van der Waals surface area contributed by atoms with Crippen molar-refractivity contribution in [2.75, 3.05) is 13.2 Å². The van der Waals surface area contributed by atoms with Crippen LogP contribution in [0.1, 0.15) is 57.8 Å². The standard InChI is InChI=1S/C12H24O2/c13-10-8-12(9-11-14)6-4-2-1-3-5-7-12/h13-14H,1-11H2. The Morgan fingerprint density at radius 3 is 1.57 bits per heavy atom. The highest BCUT2D eigenvalue weighted by atomic mass is 16.3. The summed E-state index contributed by atoms with van der Waals surface area (Å²) in [5.74, 6) is 0. The second-order valence-corrected chi connectivity index (χ2v) is 4.71. The van der Waals surface area contributed by atoms with Gasteiger partial charge in [-0.2, -0.15) is 0 Å². The fourth-order valence-electron chi connectivity index (χ4n) is 2.75. The Morgan fingerprint density at radius 2 is 1.14 bits per heavy atom. The number of rotatable bonds is 4. The van der Waals surface area contributed by atoms with Gasteiger partial charge >= 0.3 is 0 Å². The second kappa shape index (κ2) is 6.41. The van der Waals surface area contributed by atoms with Gasteiger partial charge < -0.3 is 10.2 Å². The van der Waals surface area contributed by atoms with Crippen LogP contribution in [-0.4, -0.2) is 23.4 Å². The summed E-state index contributed by atoms with van der Waals surface area (Å²) in [6.45, 7) is 0.556. The topological polar surface area (TPSA) is 40.5 Å². The van der Waals surface area contributed by atoms with E-state index in [-0.39, 0.29) is 18.6 Å². The molecular weight excluding hydrogens is 176 g/mol. The molecule has 84 valence electrons. The highest BCUT2D eigenvalue weighted by Gasteiger charge is 2.28. The minimum Gasteiger partial charge on any atom is -0.396 e. The van der Waals surface area contributed by atoms with E-state index in [1.807, 2.05) is 0 Å². The molecule has 0 spiro atoms. The van der Waals surface area contributed by atoms with E-state index in [9.17, 15) is 0 Å². The van der Waals surface area contributed by atoms with Crippen LogP contribution < -0.4 is 0 Å². The summed E-state index contributed by atoms with van der Waals surface area (Å²) in [5, 5.41) is 18.2. The van der Waals surface area contributed by atoms with E-state index in [4.69, 9.17) is 10.2 Å². The SMILES string of the molecule is OCCC1(CCO)CCCCCCC1. The lowest BCUT2D eigenvalue weighted by atomic mass is 9.72. The third kappa shape index (κ3) is 3.58. The van der Waals surface area contributed by atoms with Gasteiger partial charge in [0, 0.05) is 13.2 Å². The fourth-order valence-corrected chi connectivity index (χ4v) is 2.75. The van der Waals surface area contributed by atoms with Crippen molar-refractivity contribution >= 4 is 0 Å². The van der Waals surface area contributed by atoms with Gasteiger partial charge in [0.1, 0.15) is 0 Å². The summed E-state index contributed by atoms with van der Waals surface area (Å²) >= 11 is 0. The molecular formula is C12H24O2. The summed E-state index contributed by atoms with van der Waals surface area (Å²) in [4.78, 5) is 0. The smallest absolute Gasteiger partial charge is 0.0436 e. The van der Waals surface area contributed by atoms with E-state index < -0.39 is 0 Å². The van der Waals surface area contributed by atoms with Crippen molar-refractivity contribution in [3.8, 4) is 0 Å². The van der Waals surface area contributed by atoms with Gasteiger partial charge in [0.15, 0.2) is 0 Å². The van der Waals surface area contributed by atoms with Crippen LogP contribution >= 0.6 is 0 Å². The molecule has 0 heterocycles. The third-order valence-electron chi connectivity index (χ3n) is 3.70. The summed E-state index contributed by atoms with van der Waals surface area (Å²) in [7, 11) is 0. The lowest BCUT2D eigenvalue weighted by Gasteiger charge is -2.34. The average molecular weight is 200 g/mol. The van der Waals surface area contributed by atoms with Gasteiger partial charge in [0.05, 0.1) is 0 Å². The predicted octanol–water partition coefficient (Wildman–Crippen LogP) is 2.48. The van der Waals surface area contributed by atoms with Crippen molar-refractivity contribution in [3.05, 3.63) is 0 Å². The monoisotopic (exact) mass is 200 g/mol. The van der Waals surface area contributed by atoms with E-state index in [1.54, 1.807) is 0 Å². The molecule has 2 heteroatoms. The summed E-state index contributed by atoms with van der Waals surface area (Å²) in [6.07, 6.45) is 10.8. The molecule has 0 aliphatic heterocycles. The Balaban J connectivity index is 2.50. The lowest BCUT2D eigenvalue weighted by Crippen LogP contribution is -2.25. The van der Waals surface area contributed by atoms with Crippen LogP contribution in [0.5, 0.6) is 0 Å². The largest absolute Gasteiger partial charge is 0.396 e. The van der Waals surface area contributed by atoms with Crippen LogP contribution in [0.15, 0.2) is 0 Å². The van der Waals surface area contributed by atoms with Gasteiger partial charge in [0.25, 0.3) is 0 Å². The highest BCUT2D eigenvalue weighted by Crippen LogP contribution is 2.39. The highest BCUT2D eigenvalue weighted by molar-refractivity contribution is 4.80. The first-order valence-electron chi connectivity index (χ1n) is 6.05. The zero-order valence-electron chi connectivity index (χ0n) is 9.17. The maximum absolute atomic E-state index is 9.09. The summed E-state index contributed by atoms with van der Waals surface area (Å²) < 4.78 is 0. The zero-order chi connectivity index (χ0) is 10.3. The average Bonchev–Trinajstić information content (AvgIpc) is 2.12. The molecule has 14 heavy (non-hydrogen) atoms. The van der Waals surface area contributed by atoms with Gasteiger partial charge in [-0.25, -0.2) is 0 Å². The van der Waals surface area contributed by atoms with Crippen molar-refractivity contribution < 1.29 is 10.2 Å². The lowest BCUT2D eigenvalue weighted by molar-refractivity contribution is 0.103. The molecule has 0 bridgehead atoms. The molecule has 0 aromatic rings. The second-order valence-electron chi connectivity index (χ2n) is 4.71. The van der Waals surface area contributed by atoms with Gasteiger partial charge in [0.2, 0.25) is 0 Å². The maximum Gasteiger partial charge on any atom is 0.0436 e. The Morgan fingerprint density at radius 1 is 0.714 bits per heavy atom. The minimum absolute atomic E-state index is 0.254. The Bertz CT molecular complexity index is 129. The van der Waals surface area contributed by atoms with Crippen molar-refractivity contribution in [2.24, 2.45) is 5.41 Å². The van der Waals surface area contributed by atoms with Gasteiger partial charge in [-0.05, 0) is 31.1 Å². The van der Waals surface area contributed by atoms with Crippen LogP contribution in [0.4, 0.5) is 0 Å². The number of hydrogen-bond donors (Lipinski definition) is 2. The van der Waals surface area contributed by atoms with Crippen LogP contribution in [0.2, 0.25) is 0 Å². The molecule has 1 saturated carbocycles. The predicted molar refractivity (Wildman–Crippen MR) is 58.2 cm³/mol. The molecule has 1 fully saturated rings. The maximum atomic E-state index is 9.09. The van der Waals surface area contributed by atoms with Crippen molar-refractivity contribution in [1.29, 1.82) is 0 Å². The van der Waals surface area contributed by atoms with E-state index in [1.165, 1.54) is 44.9 Å². The third-order valence-corrected chi connectivity index (χ3v) is 3.70. The Kier molecular flexibility index (Phi) is 5.49. The number of hydrogen-bond acceptors (Lipinski definition) is 2. The zero-order valence-corrected chi connectivity index (χ0v) is 9.17. The Labute approximate surface area is 87.3 Å². The van der Waals surface area contributed by atoms with E-state index in [0.29, 0.717) is 0 Å². The number of aliphatic hydroxyl groups excluding tert-OH is 2. The van der Waals surface area contributed by atoms with Gasteiger partial charge in [-0.15, -0.1) is 0 Å². The first-order chi connectivity index (χ1) is 6.83. The fraction of sp³-hybridized carbons (Fsp3) is 1.00. The van der Waals surface area contributed by atoms with Crippen LogP contribution in [0.25, 0.3) is 0 Å². The van der Waals surface area contributed by atoms with E-state index in [0.717, 1.165) is 12.8 Å². The quantitative estimate of drug-likeness (QED) is 0.732. The van der Waals surface area contributed by atoms with Gasteiger partial charge in [-0.3, -0.25) is 0 Å². The summed E-state index contributed by atoms with van der Waals surface area (Å²) in [5.41, 5.74) is 0.254. The molecule has 1 rings (SSSR count). The van der Waals surface area contributed by atoms with Crippen LogP contribution in [0.3, 0.4) is 0 Å². The Hall–Kier alpha value is -0.0800. The van der Waals surface area contributed by atoms with Gasteiger partial charge in [-0.1, -0.05) is 32.1 Å². The molecule has 0 unspecified atom stereocenters. The molecule has 2 nitrogen and oxygen atoms in total. The van der Waals surface area contributed by atoms with Crippen molar-refractivity contribution in [1.82, 2.24) is 0 Å². The summed E-state index contributed by atoms with van der Waals surface area (Å²) in [6, 6.07) is 0. The molecule has 0 amide bonds. The first-order valence-corrected chi connectivity index (χ1v) is 6.05. The first kappa shape index (κ1) is 12.0. The minimum atomic E-state index is 0.254. The van der Waals surface area contributed by atoms with Crippen molar-refractivity contribution in [3.63, 3.8) is 0 Å². The molecule has 0 radical (unpaired) electrons. The van der Waals surface area contributed by atoms with Crippen LogP contribution in [0, 0.1) is 5.41 Å². The molecule has 2 N–H and O–H groups in total. The molecule has 0 aromatic carbocycles. The molecule has 1 aliphatic carbocycles. The van der Waals surface area contributed by atoms with E-state index in [2.05, 4.69) is 0 Å². The molecule has 0 atom stereocenters. The molecule has 0 saturated heterocycles. The normalized spacial score (nSPS) is 22.7. The van der Waals surface area contributed by atoms with Crippen molar-refractivity contribution in [2.45, 2.75) is 57.8 Å². The number of aliphatic hydroxyl groups is 2. The van der Waals surface area contributed by atoms with E-state index >= 15 is 0 Å². The molecule has 1 aliphatic rings.